The monoisotopic (exact) mass is 1860 g/mol. The summed E-state index contributed by atoms with van der Waals surface area (Å²) in [6.07, 6.45) is 4.40. The van der Waals surface area contributed by atoms with E-state index in [1.807, 2.05) is 122 Å². The summed E-state index contributed by atoms with van der Waals surface area (Å²) in [5, 5.41) is 5.64. The van der Waals surface area contributed by atoms with Crippen LogP contribution in [0.25, 0.3) is 111 Å². The van der Waals surface area contributed by atoms with Crippen molar-refractivity contribution in [2.24, 2.45) is 0 Å². The van der Waals surface area contributed by atoms with Gasteiger partial charge in [-0.3, -0.25) is 24.9 Å². The van der Waals surface area contributed by atoms with Crippen molar-refractivity contribution < 1.29 is 46.3 Å². The second-order valence-corrected chi connectivity index (χ2v) is 33.5. The molecule has 30 heteroatoms. The van der Waals surface area contributed by atoms with Gasteiger partial charge in [-0.2, -0.15) is 13.2 Å². The lowest BCUT2D eigenvalue weighted by Gasteiger charge is -2.29. The molecule has 5 fully saturated rings. The van der Waals surface area contributed by atoms with Gasteiger partial charge in [-0.1, -0.05) is 115 Å². The zero-order valence-corrected chi connectivity index (χ0v) is 76.7. The summed E-state index contributed by atoms with van der Waals surface area (Å²) in [7, 11) is 3.28. The van der Waals surface area contributed by atoms with E-state index >= 15 is 0 Å². The number of morpholine rings is 5. The third-order valence-electron chi connectivity index (χ3n) is 24.2. The third-order valence-corrected chi connectivity index (χ3v) is 24.6. The van der Waals surface area contributed by atoms with Crippen LogP contribution in [0.1, 0.15) is 16.7 Å². The number of fused-ring (bicyclic) bond motifs is 5. The van der Waals surface area contributed by atoms with E-state index in [1.54, 1.807) is 51.0 Å². The Labute approximate surface area is 796 Å². The van der Waals surface area contributed by atoms with Gasteiger partial charge in [-0.15, -0.1) is 0 Å². The molecule has 137 heavy (non-hydrogen) atoms. The van der Waals surface area contributed by atoms with Crippen molar-refractivity contribution in [3.05, 3.63) is 307 Å². The van der Waals surface area contributed by atoms with E-state index in [4.69, 9.17) is 81.9 Å². The first-order valence-corrected chi connectivity index (χ1v) is 45.9. The minimum absolute atomic E-state index is 0.307. The molecular formula is C107H103ClF3N19O7. The van der Waals surface area contributed by atoms with Gasteiger partial charge in [0.15, 0.2) is 11.5 Å². The van der Waals surface area contributed by atoms with Crippen LogP contribution in [0.2, 0.25) is 5.02 Å². The van der Waals surface area contributed by atoms with E-state index < -0.39 is 11.7 Å². The number of hydrogen-bond donors (Lipinski definition) is 3. The highest BCUT2D eigenvalue weighted by Gasteiger charge is 2.34. The first-order chi connectivity index (χ1) is 67.1. The lowest BCUT2D eigenvalue weighted by atomic mass is 10.0. The first kappa shape index (κ1) is 92.5. The van der Waals surface area contributed by atoms with E-state index in [0.29, 0.717) is 97.5 Å². The second-order valence-electron chi connectivity index (χ2n) is 33.1. The number of nitrogens with two attached hydrogens (primary N) is 3. The summed E-state index contributed by atoms with van der Waals surface area (Å²) in [5.74, 6) is 5.88. The van der Waals surface area contributed by atoms with Gasteiger partial charge in [-0.25, -0.2) is 24.9 Å². The molecule has 0 saturated carbocycles. The minimum Gasteiger partial charge on any atom is -0.493 e. The normalized spacial score (nSPS) is 14.6. The summed E-state index contributed by atoms with van der Waals surface area (Å²) in [4.78, 5) is 60.7. The van der Waals surface area contributed by atoms with Gasteiger partial charge in [0.25, 0.3) is 0 Å². The summed E-state index contributed by atoms with van der Waals surface area (Å²) >= 11 is 6.18. The van der Waals surface area contributed by atoms with Crippen molar-refractivity contribution >= 4 is 118 Å². The number of benzene rings is 7. The highest BCUT2D eigenvalue weighted by atomic mass is 35.5. The minimum atomic E-state index is -4.53. The van der Waals surface area contributed by atoms with Gasteiger partial charge in [0.1, 0.15) is 29.1 Å². The molecule has 0 aliphatic carbocycles. The Bertz CT molecular complexity index is 6960. The number of aromatic nitrogens is 10. The first-order valence-electron chi connectivity index (χ1n) is 45.6. The van der Waals surface area contributed by atoms with Crippen LogP contribution in [0.4, 0.5) is 65.0 Å². The molecule has 10 aromatic heterocycles. The van der Waals surface area contributed by atoms with Crippen LogP contribution < -0.4 is 56.1 Å². The van der Waals surface area contributed by atoms with Gasteiger partial charge >= 0.3 is 6.18 Å². The SMILES string of the molecule is COc1cccc(-c2cc3ncccc3c(N3CCOCC3)n2)c1OC.Nc1ccc(-c2cc3ncccc3c(N3CCOCC3)n2)cc1.Nc1ccc(-c2cc3ncccc3c(N3CCOCC3)n2)cc1C(F)(F)F.Nc1ccc(-c2cc3ncccc3c(N3CCOCC3)n2)cc1Cl.c1ccc(CN(Cc2ccccc2)c2ccc(-c3cc4ncccc4c(N4CCOCC4)n3)cc2)cc1. The maximum atomic E-state index is 13.2. The largest absolute Gasteiger partial charge is 0.493 e. The van der Waals surface area contributed by atoms with Crippen molar-refractivity contribution in [1.82, 2.24) is 49.8 Å². The summed E-state index contributed by atoms with van der Waals surface area (Å²) < 4.78 is 78.1. The Balaban J connectivity index is 0.000000115. The molecule has 0 radical (unpaired) electrons. The number of alkyl halides is 3. The second kappa shape index (κ2) is 43.6. The quantitative estimate of drug-likeness (QED) is 0.0714. The molecule has 0 bridgehead atoms. The molecular weight excluding hydrogens is 1760 g/mol. The van der Waals surface area contributed by atoms with Crippen LogP contribution in [-0.2, 0) is 43.0 Å². The highest BCUT2D eigenvalue weighted by Crippen LogP contribution is 2.43. The Morgan fingerprint density at radius 1 is 0.336 bits per heavy atom. The van der Waals surface area contributed by atoms with Crippen molar-refractivity contribution in [2.45, 2.75) is 19.3 Å². The molecule has 5 aliphatic rings. The number of rotatable bonds is 17. The van der Waals surface area contributed by atoms with Crippen molar-refractivity contribution in [3.63, 3.8) is 0 Å². The van der Waals surface area contributed by atoms with Gasteiger partial charge in [0, 0.05) is 181 Å². The lowest BCUT2D eigenvalue weighted by Crippen LogP contribution is -2.37. The average molecular weight is 1860 g/mol. The van der Waals surface area contributed by atoms with Gasteiger partial charge in [0.05, 0.1) is 153 Å². The number of nitrogens with zero attached hydrogens (tertiary/aromatic N) is 16. The van der Waals surface area contributed by atoms with Crippen LogP contribution >= 0.6 is 11.6 Å². The summed E-state index contributed by atoms with van der Waals surface area (Å²) in [5.41, 5.74) is 33.7. The molecule has 0 atom stereocenters. The molecule has 5 aliphatic heterocycles. The Kier molecular flexibility index (Phi) is 29.4. The predicted octanol–water partition coefficient (Wildman–Crippen LogP) is 19.3. The topological polar surface area (TPSA) is 291 Å². The maximum absolute atomic E-state index is 13.2. The number of para-hydroxylation sites is 1. The number of methoxy groups -OCH3 is 2. The predicted molar refractivity (Wildman–Crippen MR) is 539 cm³/mol. The Hall–Kier alpha value is -15.0. The molecule has 22 rings (SSSR count). The zero-order valence-electron chi connectivity index (χ0n) is 75.9. The lowest BCUT2D eigenvalue weighted by molar-refractivity contribution is -0.136. The van der Waals surface area contributed by atoms with E-state index in [-0.39, 0.29) is 5.69 Å². The molecule has 26 nitrogen and oxygen atoms in total. The molecule has 696 valence electrons. The van der Waals surface area contributed by atoms with Crippen LogP contribution in [-0.4, -0.2) is 196 Å². The van der Waals surface area contributed by atoms with E-state index in [1.165, 1.54) is 22.9 Å². The van der Waals surface area contributed by atoms with Crippen molar-refractivity contribution in [2.75, 3.05) is 192 Å². The Morgan fingerprint density at radius 2 is 0.657 bits per heavy atom. The van der Waals surface area contributed by atoms with Crippen LogP contribution in [0.5, 0.6) is 11.5 Å². The fourth-order valence-electron chi connectivity index (χ4n) is 17.2. The molecule has 15 heterocycles. The highest BCUT2D eigenvalue weighted by molar-refractivity contribution is 6.33. The van der Waals surface area contributed by atoms with E-state index in [0.717, 1.165) is 221 Å². The fraction of sp³-hybridized carbons (Fsp3) is 0.234. The van der Waals surface area contributed by atoms with Crippen LogP contribution in [0, 0.1) is 0 Å². The molecule has 5 saturated heterocycles. The van der Waals surface area contributed by atoms with Gasteiger partial charge in [-0.05, 0) is 163 Å². The molecule has 17 aromatic rings. The van der Waals surface area contributed by atoms with Crippen LogP contribution in [0.3, 0.4) is 0 Å². The Morgan fingerprint density at radius 3 is 1.00 bits per heavy atom. The zero-order chi connectivity index (χ0) is 94.0. The smallest absolute Gasteiger partial charge is 0.418 e. The van der Waals surface area contributed by atoms with Crippen molar-refractivity contribution in [3.8, 4) is 67.8 Å². The average Bonchev–Trinajstić information content (AvgIpc) is 0.802. The van der Waals surface area contributed by atoms with E-state index in [2.05, 4.69) is 175 Å². The standard InChI is InChI=1S/C32H30N4O.C20H21N3O3.C19H17F3N4O.C18H17ClN4O.C18H18N4O/c1-3-8-25(9-4-1)23-36(24-26-10-5-2-6-11-26)28-15-13-27(14-16-28)30-22-31-29(12-7-17-33-31)32(34-30)35-18-20-37-21-19-35;1-24-18-7-3-5-14(19(18)25-2)17-13-16-15(6-4-8-21-16)20(22-17)23-9-11-26-12-10-23;20-19(21,22)14-10-12(3-4-15(14)23)16-11-17-13(2-1-5-24-17)18(25-16)26-6-8-27-9-7-26;19-14-10-12(3-4-15(14)20)16-11-17-13(2-1-5-21-17)18(22-16)23-6-8-24-9-7-23;19-14-5-3-13(4-6-14)16-12-17-15(2-1-7-20-17)18(21-16)22-8-10-23-11-9-22/h1-17,22H,18-21,23-24H2;3-8,13H,9-12H2,1-2H3;1-5,10-11H,6-9,23H2;1-5,10-11H,6-9,20H2;1-7,12H,8-11,19H2. The molecule has 6 N–H and O–H groups in total. The van der Waals surface area contributed by atoms with Crippen molar-refractivity contribution in [1.29, 1.82) is 0 Å². The number of pyridine rings is 10. The molecule has 7 aromatic carbocycles. The van der Waals surface area contributed by atoms with Crippen LogP contribution in [0.15, 0.2) is 286 Å². The fourth-order valence-corrected chi connectivity index (χ4v) is 17.4. The van der Waals surface area contributed by atoms with E-state index in [9.17, 15) is 13.2 Å². The third kappa shape index (κ3) is 22.2. The number of nitrogen functional groups attached to an aromatic ring is 3. The maximum Gasteiger partial charge on any atom is 0.418 e. The summed E-state index contributed by atoms with van der Waals surface area (Å²) in [6, 6.07) is 82.7. The molecule has 0 amide bonds. The number of ether oxygens (including phenoxy) is 7. The number of halogens is 4. The number of hydrogen-bond acceptors (Lipinski definition) is 26. The molecule has 0 unspecified atom stereocenters. The molecule has 0 spiro atoms. The van der Waals surface area contributed by atoms with Gasteiger partial charge < -0.3 is 79.8 Å². The number of anilines is 9. The summed E-state index contributed by atoms with van der Waals surface area (Å²) in [6.45, 7) is 16.6. The van der Waals surface area contributed by atoms with Gasteiger partial charge in [0.2, 0.25) is 0 Å².